The molecule has 1 rings (SSSR count). The molecule has 0 bridgehead atoms. The standard InChI is InChI=1S/C9H12N2O/c1-2-5-11-8-9(7-10-11)4-3-6-12/h3-4,6-8H,2,5H2,1H3. The average Bonchev–Trinajstić information content (AvgIpc) is 2.50. The van der Waals surface area contributed by atoms with Gasteiger partial charge in [-0.25, -0.2) is 0 Å². The predicted molar refractivity (Wildman–Crippen MR) is 47.6 cm³/mol. The molecule has 3 nitrogen and oxygen atoms in total. The third kappa shape index (κ3) is 2.34. The molecule has 0 atom stereocenters. The highest BCUT2D eigenvalue weighted by Crippen LogP contribution is 2.00. The summed E-state index contributed by atoms with van der Waals surface area (Å²) in [5.74, 6) is 0. The summed E-state index contributed by atoms with van der Waals surface area (Å²) in [6, 6.07) is 0. The number of hydrogen-bond acceptors (Lipinski definition) is 2. The van der Waals surface area contributed by atoms with Gasteiger partial charge in [0.05, 0.1) is 6.20 Å². The fourth-order valence-corrected chi connectivity index (χ4v) is 0.967. The van der Waals surface area contributed by atoms with Gasteiger partial charge in [0.1, 0.15) is 6.29 Å². The molecule has 1 aromatic heterocycles. The van der Waals surface area contributed by atoms with Crippen molar-refractivity contribution in [3.05, 3.63) is 24.0 Å². The molecule has 64 valence electrons. The highest BCUT2D eigenvalue weighted by atomic mass is 16.1. The van der Waals surface area contributed by atoms with E-state index < -0.39 is 0 Å². The van der Waals surface area contributed by atoms with Gasteiger partial charge < -0.3 is 0 Å². The van der Waals surface area contributed by atoms with Crippen molar-refractivity contribution in [2.24, 2.45) is 0 Å². The Morgan fingerprint density at radius 2 is 2.50 bits per heavy atom. The van der Waals surface area contributed by atoms with E-state index in [4.69, 9.17) is 0 Å². The summed E-state index contributed by atoms with van der Waals surface area (Å²) < 4.78 is 1.87. The molecular formula is C9H12N2O. The van der Waals surface area contributed by atoms with Crippen LogP contribution in [0.15, 0.2) is 18.5 Å². The molecule has 0 fully saturated rings. The molecule has 0 saturated heterocycles. The zero-order valence-electron chi connectivity index (χ0n) is 7.10. The van der Waals surface area contributed by atoms with Crippen molar-refractivity contribution in [2.75, 3.05) is 0 Å². The third-order valence-electron chi connectivity index (χ3n) is 1.47. The first kappa shape index (κ1) is 8.71. The number of nitrogens with zero attached hydrogens (tertiary/aromatic N) is 2. The first-order valence-electron chi connectivity index (χ1n) is 4.01. The van der Waals surface area contributed by atoms with E-state index in [1.807, 2.05) is 10.9 Å². The highest BCUT2D eigenvalue weighted by Gasteiger charge is 1.92. The zero-order valence-corrected chi connectivity index (χ0v) is 7.10. The Morgan fingerprint density at radius 3 is 3.17 bits per heavy atom. The van der Waals surface area contributed by atoms with Gasteiger partial charge in [0, 0.05) is 18.3 Å². The summed E-state index contributed by atoms with van der Waals surface area (Å²) >= 11 is 0. The molecule has 0 spiro atoms. The van der Waals surface area contributed by atoms with Crippen LogP contribution in [0.1, 0.15) is 18.9 Å². The number of aldehydes is 1. The van der Waals surface area contributed by atoms with Crippen LogP contribution in [0.2, 0.25) is 0 Å². The van der Waals surface area contributed by atoms with E-state index in [1.165, 1.54) is 6.08 Å². The summed E-state index contributed by atoms with van der Waals surface area (Å²) in [5.41, 5.74) is 0.968. The minimum Gasteiger partial charge on any atom is -0.299 e. The van der Waals surface area contributed by atoms with Gasteiger partial charge in [0.25, 0.3) is 0 Å². The van der Waals surface area contributed by atoms with E-state index in [0.29, 0.717) is 0 Å². The summed E-state index contributed by atoms with van der Waals surface area (Å²) in [7, 11) is 0. The molecule has 0 aliphatic heterocycles. The van der Waals surface area contributed by atoms with Crippen molar-refractivity contribution in [1.29, 1.82) is 0 Å². The van der Waals surface area contributed by atoms with Crippen molar-refractivity contribution in [3.8, 4) is 0 Å². The molecule has 0 aliphatic carbocycles. The van der Waals surface area contributed by atoms with Gasteiger partial charge in [-0.05, 0) is 18.6 Å². The van der Waals surface area contributed by atoms with Gasteiger partial charge >= 0.3 is 0 Å². The summed E-state index contributed by atoms with van der Waals surface area (Å²) in [5, 5.41) is 4.11. The molecule has 1 heterocycles. The van der Waals surface area contributed by atoms with Crippen LogP contribution in [-0.4, -0.2) is 16.1 Å². The maximum Gasteiger partial charge on any atom is 0.142 e. The molecule has 1 aromatic rings. The normalized spacial score (nSPS) is 10.8. The van der Waals surface area contributed by atoms with E-state index in [1.54, 1.807) is 12.3 Å². The number of allylic oxidation sites excluding steroid dienone is 1. The average molecular weight is 164 g/mol. The van der Waals surface area contributed by atoms with Gasteiger partial charge in [-0.1, -0.05) is 6.92 Å². The van der Waals surface area contributed by atoms with E-state index in [0.717, 1.165) is 24.8 Å². The molecule has 0 aliphatic rings. The summed E-state index contributed by atoms with van der Waals surface area (Å²) in [4.78, 5) is 10.00. The fraction of sp³-hybridized carbons (Fsp3) is 0.333. The van der Waals surface area contributed by atoms with Gasteiger partial charge in [-0.15, -0.1) is 0 Å². The molecule has 12 heavy (non-hydrogen) atoms. The van der Waals surface area contributed by atoms with Crippen LogP contribution in [0.4, 0.5) is 0 Å². The topological polar surface area (TPSA) is 34.9 Å². The lowest BCUT2D eigenvalue weighted by molar-refractivity contribution is -0.104. The molecular weight excluding hydrogens is 152 g/mol. The SMILES string of the molecule is CCCn1cc(C=CC=O)cn1. The Hall–Kier alpha value is -1.38. The maximum absolute atomic E-state index is 10.00. The lowest BCUT2D eigenvalue weighted by Crippen LogP contribution is -1.95. The molecule has 0 amide bonds. The monoisotopic (exact) mass is 164 g/mol. The molecule has 0 aromatic carbocycles. The molecule has 0 radical (unpaired) electrons. The Kier molecular flexibility index (Phi) is 3.26. The van der Waals surface area contributed by atoms with Crippen molar-refractivity contribution in [2.45, 2.75) is 19.9 Å². The Bertz CT molecular complexity index is 276. The van der Waals surface area contributed by atoms with Crippen LogP contribution < -0.4 is 0 Å². The Labute approximate surface area is 71.7 Å². The van der Waals surface area contributed by atoms with Gasteiger partial charge in [0.2, 0.25) is 0 Å². The summed E-state index contributed by atoms with van der Waals surface area (Å²) in [6.45, 7) is 3.03. The van der Waals surface area contributed by atoms with E-state index in [9.17, 15) is 4.79 Å². The van der Waals surface area contributed by atoms with Crippen LogP contribution in [0.5, 0.6) is 0 Å². The zero-order chi connectivity index (χ0) is 8.81. The van der Waals surface area contributed by atoms with Crippen molar-refractivity contribution in [1.82, 2.24) is 9.78 Å². The second kappa shape index (κ2) is 4.49. The lowest BCUT2D eigenvalue weighted by Gasteiger charge is -1.93. The minimum absolute atomic E-state index is 0.761. The number of aromatic nitrogens is 2. The first-order valence-corrected chi connectivity index (χ1v) is 4.01. The van der Waals surface area contributed by atoms with Crippen LogP contribution in [-0.2, 0) is 11.3 Å². The molecule has 0 N–H and O–H groups in total. The Balaban J connectivity index is 2.63. The molecule has 0 unspecified atom stereocenters. The smallest absolute Gasteiger partial charge is 0.142 e. The molecule has 3 heteroatoms. The maximum atomic E-state index is 10.00. The lowest BCUT2D eigenvalue weighted by atomic mass is 10.3. The predicted octanol–water partition coefficient (Wildman–Crippen LogP) is 1.51. The number of aryl methyl sites for hydroxylation is 1. The van der Waals surface area contributed by atoms with E-state index in [2.05, 4.69) is 12.0 Å². The number of carbonyl (C=O) groups excluding carboxylic acids is 1. The first-order chi connectivity index (χ1) is 5.86. The van der Waals surface area contributed by atoms with Gasteiger partial charge in [-0.2, -0.15) is 5.10 Å². The van der Waals surface area contributed by atoms with Crippen molar-refractivity contribution in [3.63, 3.8) is 0 Å². The van der Waals surface area contributed by atoms with Crippen LogP contribution in [0.25, 0.3) is 6.08 Å². The number of hydrogen-bond donors (Lipinski definition) is 0. The van der Waals surface area contributed by atoms with Crippen LogP contribution >= 0.6 is 0 Å². The largest absolute Gasteiger partial charge is 0.299 e. The second-order valence-corrected chi connectivity index (χ2v) is 2.53. The van der Waals surface area contributed by atoms with Crippen molar-refractivity contribution >= 4 is 12.4 Å². The van der Waals surface area contributed by atoms with Crippen molar-refractivity contribution < 1.29 is 4.79 Å². The van der Waals surface area contributed by atoms with E-state index >= 15 is 0 Å². The quantitative estimate of drug-likeness (QED) is 0.499. The summed E-state index contributed by atoms with van der Waals surface area (Å²) in [6.07, 6.45) is 8.70. The number of carbonyl (C=O) groups is 1. The van der Waals surface area contributed by atoms with Gasteiger partial charge in [0.15, 0.2) is 0 Å². The number of rotatable bonds is 4. The van der Waals surface area contributed by atoms with Gasteiger partial charge in [-0.3, -0.25) is 9.48 Å². The van der Waals surface area contributed by atoms with Crippen LogP contribution in [0, 0.1) is 0 Å². The minimum atomic E-state index is 0.761. The van der Waals surface area contributed by atoms with Crippen LogP contribution in [0.3, 0.4) is 0 Å². The Morgan fingerprint density at radius 1 is 1.67 bits per heavy atom. The highest BCUT2D eigenvalue weighted by molar-refractivity contribution is 5.73. The third-order valence-corrected chi connectivity index (χ3v) is 1.47. The second-order valence-electron chi connectivity index (χ2n) is 2.53. The molecule has 0 saturated carbocycles. The van der Waals surface area contributed by atoms with E-state index in [-0.39, 0.29) is 0 Å². The fourth-order valence-electron chi connectivity index (χ4n) is 0.967.